The Morgan fingerprint density at radius 2 is 2.27 bits per heavy atom. The SMILES string of the molecule is CN(Cc1ccc2ncccc2c1)C(=O)[C@@H]1C[C@H](N)CN1C. The van der Waals surface area contributed by atoms with E-state index in [1.54, 1.807) is 11.1 Å². The molecule has 0 unspecified atom stereocenters. The summed E-state index contributed by atoms with van der Waals surface area (Å²) in [6.07, 6.45) is 2.53. The summed E-state index contributed by atoms with van der Waals surface area (Å²) in [6, 6.07) is 10.1. The van der Waals surface area contributed by atoms with Crippen molar-refractivity contribution >= 4 is 16.8 Å². The Bertz CT molecular complexity index is 687. The van der Waals surface area contributed by atoms with Crippen molar-refractivity contribution < 1.29 is 4.79 Å². The van der Waals surface area contributed by atoms with Gasteiger partial charge in [-0.05, 0) is 37.2 Å². The van der Waals surface area contributed by atoms with Crippen LogP contribution in [0.3, 0.4) is 0 Å². The summed E-state index contributed by atoms with van der Waals surface area (Å²) in [7, 11) is 3.82. The lowest BCUT2D eigenvalue weighted by Crippen LogP contribution is -2.42. The third-order valence-electron chi connectivity index (χ3n) is 4.33. The van der Waals surface area contributed by atoms with Crippen molar-refractivity contribution in [1.82, 2.24) is 14.8 Å². The molecule has 1 aromatic heterocycles. The first kappa shape index (κ1) is 14.9. The lowest BCUT2D eigenvalue weighted by atomic mass is 10.1. The molecule has 2 atom stereocenters. The number of pyridine rings is 1. The molecule has 5 heteroatoms. The van der Waals surface area contributed by atoms with E-state index in [2.05, 4.69) is 11.1 Å². The minimum absolute atomic E-state index is 0.0953. The highest BCUT2D eigenvalue weighted by Crippen LogP contribution is 2.18. The second-order valence-electron chi connectivity index (χ2n) is 6.18. The number of carbonyl (C=O) groups is 1. The van der Waals surface area contributed by atoms with Gasteiger partial charge in [0.2, 0.25) is 5.91 Å². The molecule has 2 N–H and O–H groups in total. The number of hydrogen-bond donors (Lipinski definition) is 1. The maximum Gasteiger partial charge on any atom is 0.240 e. The lowest BCUT2D eigenvalue weighted by Gasteiger charge is -2.25. The lowest BCUT2D eigenvalue weighted by molar-refractivity contribution is -0.134. The van der Waals surface area contributed by atoms with Crippen LogP contribution in [0.4, 0.5) is 0 Å². The molecule has 0 saturated carbocycles. The third kappa shape index (κ3) is 2.96. The molecule has 5 nitrogen and oxygen atoms in total. The van der Waals surface area contributed by atoms with E-state index < -0.39 is 0 Å². The van der Waals surface area contributed by atoms with E-state index >= 15 is 0 Å². The number of likely N-dealkylation sites (tertiary alicyclic amines) is 1. The topological polar surface area (TPSA) is 62.5 Å². The molecule has 22 heavy (non-hydrogen) atoms. The highest BCUT2D eigenvalue weighted by molar-refractivity contribution is 5.82. The fourth-order valence-electron chi connectivity index (χ4n) is 3.16. The van der Waals surface area contributed by atoms with Crippen molar-refractivity contribution in [3.05, 3.63) is 42.1 Å². The molecular formula is C17H22N4O. The summed E-state index contributed by atoms with van der Waals surface area (Å²) in [5, 5.41) is 1.10. The summed E-state index contributed by atoms with van der Waals surface area (Å²) >= 11 is 0. The highest BCUT2D eigenvalue weighted by atomic mass is 16.2. The first-order valence-corrected chi connectivity index (χ1v) is 7.59. The third-order valence-corrected chi connectivity index (χ3v) is 4.33. The van der Waals surface area contributed by atoms with Gasteiger partial charge in [0, 0.05) is 37.8 Å². The van der Waals surface area contributed by atoms with Crippen LogP contribution in [0.25, 0.3) is 10.9 Å². The van der Waals surface area contributed by atoms with Crippen LogP contribution in [0.1, 0.15) is 12.0 Å². The van der Waals surface area contributed by atoms with E-state index in [9.17, 15) is 4.79 Å². The maximum atomic E-state index is 12.6. The second kappa shape index (κ2) is 6.02. The number of benzene rings is 1. The van der Waals surface area contributed by atoms with Gasteiger partial charge in [0.15, 0.2) is 0 Å². The molecule has 0 spiro atoms. The van der Waals surface area contributed by atoms with E-state index in [4.69, 9.17) is 5.73 Å². The summed E-state index contributed by atoms with van der Waals surface area (Å²) in [5.41, 5.74) is 8.04. The predicted molar refractivity (Wildman–Crippen MR) is 87.2 cm³/mol. The molecular weight excluding hydrogens is 276 g/mol. The Hall–Kier alpha value is -1.98. The van der Waals surface area contributed by atoms with Crippen LogP contribution in [-0.4, -0.2) is 53.4 Å². The minimum Gasteiger partial charge on any atom is -0.340 e. The number of aromatic nitrogens is 1. The van der Waals surface area contributed by atoms with Crippen LogP contribution >= 0.6 is 0 Å². The van der Waals surface area contributed by atoms with Gasteiger partial charge in [-0.15, -0.1) is 0 Å². The summed E-state index contributed by atoms with van der Waals surface area (Å²) in [5.74, 6) is 0.140. The zero-order valence-electron chi connectivity index (χ0n) is 13.1. The molecule has 1 aliphatic heterocycles. The normalized spacial score (nSPS) is 22.1. The Morgan fingerprint density at radius 3 is 3.00 bits per heavy atom. The van der Waals surface area contributed by atoms with Crippen molar-refractivity contribution in [2.75, 3.05) is 20.6 Å². The van der Waals surface area contributed by atoms with Gasteiger partial charge >= 0.3 is 0 Å². The smallest absolute Gasteiger partial charge is 0.240 e. The average molecular weight is 298 g/mol. The van der Waals surface area contributed by atoms with E-state index in [1.807, 2.05) is 43.3 Å². The molecule has 1 amide bonds. The van der Waals surface area contributed by atoms with E-state index in [-0.39, 0.29) is 18.0 Å². The van der Waals surface area contributed by atoms with Gasteiger partial charge in [-0.2, -0.15) is 0 Å². The second-order valence-corrected chi connectivity index (χ2v) is 6.18. The first-order valence-electron chi connectivity index (χ1n) is 7.59. The van der Waals surface area contributed by atoms with Crippen molar-refractivity contribution in [3.8, 4) is 0 Å². The van der Waals surface area contributed by atoms with Gasteiger partial charge in [-0.3, -0.25) is 14.7 Å². The van der Waals surface area contributed by atoms with E-state index in [0.29, 0.717) is 6.54 Å². The van der Waals surface area contributed by atoms with Crippen molar-refractivity contribution in [3.63, 3.8) is 0 Å². The number of rotatable bonds is 3. The number of nitrogens with two attached hydrogens (primary N) is 1. The zero-order chi connectivity index (χ0) is 15.7. The van der Waals surface area contributed by atoms with Crippen LogP contribution < -0.4 is 5.73 Å². The number of likely N-dealkylation sites (N-methyl/N-ethyl adjacent to an activating group) is 2. The predicted octanol–water partition coefficient (Wildman–Crippen LogP) is 1.22. The largest absolute Gasteiger partial charge is 0.340 e. The monoisotopic (exact) mass is 298 g/mol. The van der Waals surface area contributed by atoms with Crippen LogP contribution in [0.15, 0.2) is 36.5 Å². The fraction of sp³-hybridized carbons (Fsp3) is 0.412. The summed E-state index contributed by atoms with van der Waals surface area (Å²) in [6.45, 7) is 1.38. The van der Waals surface area contributed by atoms with Crippen LogP contribution in [-0.2, 0) is 11.3 Å². The Balaban J connectivity index is 1.72. The maximum absolute atomic E-state index is 12.6. The average Bonchev–Trinajstić information content (AvgIpc) is 2.85. The van der Waals surface area contributed by atoms with Crippen LogP contribution in [0.2, 0.25) is 0 Å². The molecule has 2 heterocycles. The quantitative estimate of drug-likeness (QED) is 0.925. The highest BCUT2D eigenvalue weighted by Gasteiger charge is 2.34. The van der Waals surface area contributed by atoms with Gasteiger partial charge in [0.1, 0.15) is 0 Å². The molecule has 0 radical (unpaired) electrons. The standard InChI is InChI=1S/C17H22N4O/c1-20-11-14(18)9-16(20)17(22)21(2)10-12-5-6-15-13(8-12)4-3-7-19-15/h3-8,14,16H,9-11,18H2,1-2H3/t14-,16-/m0/s1. The number of nitrogens with zero attached hydrogens (tertiary/aromatic N) is 3. The molecule has 1 aliphatic rings. The molecule has 0 aliphatic carbocycles. The Labute approximate surface area is 130 Å². The molecule has 1 fully saturated rings. The van der Waals surface area contributed by atoms with Gasteiger partial charge < -0.3 is 10.6 Å². The Morgan fingerprint density at radius 1 is 1.45 bits per heavy atom. The first-order chi connectivity index (χ1) is 10.5. The van der Waals surface area contributed by atoms with E-state index in [0.717, 1.165) is 29.4 Å². The molecule has 2 aromatic rings. The van der Waals surface area contributed by atoms with E-state index in [1.165, 1.54) is 0 Å². The molecule has 3 rings (SSSR count). The van der Waals surface area contributed by atoms with Crippen molar-refractivity contribution in [2.45, 2.75) is 25.0 Å². The van der Waals surface area contributed by atoms with Gasteiger partial charge in [0.25, 0.3) is 0 Å². The molecule has 116 valence electrons. The number of carbonyl (C=O) groups excluding carboxylic acids is 1. The van der Waals surface area contributed by atoms with Crippen LogP contribution in [0, 0.1) is 0 Å². The minimum atomic E-state index is -0.0953. The Kier molecular flexibility index (Phi) is 4.09. The number of fused-ring (bicyclic) bond motifs is 1. The zero-order valence-corrected chi connectivity index (χ0v) is 13.1. The molecule has 0 bridgehead atoms. The van der Waals surface area contributed by atoms with Crippen molar-refractivity contribution in [2.24, 2.45) is 5.73 Å². The van der Waals surface area contributed by atoms with Gasteiger partial charge in [-0.25, -0.2) is 0 Å². The summed E-state index contributed by atoms with van der Waals surface area (Å²) in [4.78, 5) is 20.7. The number of hydrogen-bond acceptors (Lipinski definition) is 4. The van der Waals surface area contributed by atoms with Gasteiger partial charge in [-0.1, -0.05) is 12.1 Å². The summed E-state index contributed by atoms with van der Waals surface area (Å²) < 4.78 is 0. The van der Waals surface area contributed by atoms with Crippen LogP contribution in [0.5, 0.6) is 0 Å². The molecule has 1 saturated heterocycles. The fourth-order valence-corrected chi connectivity index (χ4v) is 3.16. The number of amides is 1. The van der Waals surface area contributed by atoms with Crippen molar-refractivity contribution in [1.29, 1.82) is 0 Å². The molecule has 1 aromatic carbocycles. The van der Waals surface area contributed by atoms with Gasteiger partial charge in [0.05, 0.1) is 11.6 Å².